The monoisotopic (exact) mass is 290 g/mol. The molecule has 1 saturated heterocycles. The topological polar surface area (TPSA) is 24.5 Å². The van der Waals surface area contributed by atoms with Crippen molar-refractivity contribution in [3.05, 3.63) is 35.4 Å². The molecule has 2 rings (SSSR count). The van der Waals surface area contributed by atoms with Crippen LogP contribution in [0.5, 0.6) is 0 Å². The maximum absolute atomic E-state index is 5.31. The molecule has 118 valence electrons. The molecule has 1 aliphatic heterocycles. The summed E-state index contributed by atoms with van der Waals surface area (Å²) in [5.41, 5.74) is 2.80. The minimum absolute atomic E-state index is 0.710. The van der Waals surface area contributed by atoms with Crippen molar-refractivity contribution in [2.45, 2.75) is 39.3 Å². The number of rotatable bonds is 8. The Morgan fingerprint density at radius 1 is 1.24 bits per heavy atom. The van der Waals surface area contributed by atoms with E-state index in [9.17, 15) is 0 Å². The Bertz CT molecular complexity index is 389. The van der Waals surface area contributed by atoms with Gasteiger partial charge in [0.25, 0.3) is 0 Å². The largest absolute Gasteiger partial charge is 0.384 e. The highest BCUT2D eigenvalue weighted by atomic mass is 16.5. The quantitative estimate of drug-likeness (QED) is 0.745. The summed E-state index contributed by atoms with van der Waals surface area (Å²) in [5.74, 6) is 0.710. The number of likely N-dealkylation sites (tertiary alicyclic amines) is 1. The molecular formula is C18H30N2O. The zero-order valence-electron chi connectivity index (χ0n) is 13.6. The van der Waals surface area contributed by atoms with Crippen LogP contribution in [0.15, 0.2) is 24.3 Å². The summed E-state index contributed by atoms with van der Waals surface area (Å²) in [5, 5.41) is 3.45. The number of ether oxygens (including phenoxy) is 1. The molecule has 0 aliphatic carbocycles. The molecule has 1 unspecified atom stereocenters. The molecule has 0 aromatic heterocycles. The molecule has 1 aromatic carbocycles. The van der Waals surface area contributed by atoms with E-state index in [2.05, 4.69) is 41.4 Å². The fraction of sp³-hybridized carbons (Fsp3) is 0.667. The molecule has 1 N–H and O–H groups in total. The smallest absolute Gasteiger partial charge is 0.0502 e. The van der Waals surface area contributed by atoms with Crippen molar-refractivity contribution in [3.8, 4) is 0 Å². The van der Waals surface area contributed by atoms with E-state index in [0.717, 1.165) is 26.2 Å². The van der Waals surface area contributed by atoms with Crippen LogP contribution >= 0.6 is 0 Å². The predicted octanol–water partition coefficient (Wildman–Crippen LogP) is 3.04. The average Bonchev–Trinajstić information content (AvgIpc) is 2.50. The number of nitrogens with one attached hydrogen (secondary N) is 1. The van der Waals surface area contributed by atoms with Crippen LogP contribution in [0.4, 0.5) is 0 Å². The highest BCUT2D eigenvalue weighted by Crippen LogP contribution is 2.19. The molecule has 1 aromatic rings. The van der Waals surface area contributed by atoms with Crippen LogP contribution in [0.1, 0.15) is 37.3 Å². The molecule has 1 heterocycles. The molecule has 1 atom stereocenters. The van der Waals surface area contributed by atoms with Gasteiger partial charge in [-0.3, -0.25) is 4.90 Å². The first-order valence-electron chi connectivity index (χ1n) is 8.31. The second kappa shape index (κ2) is 9.19. The summed E-state index contributed by atoms with van der Waals surface area (Å²) in [6.45, 7) is 8.64. The molecule has 1 aliphatic rings. The number of hydrogen-bond acceptors (Lipinski definition) is 3. The van der Waals surface area contributed by atoms with Crippen molar-refractivity contribution in [2.24, 2.45) is 5.92 Å². The van der Waals surface area contributed by atoms with Gasteiger partial charge in [0, 0.05) is 26.7 Å². The number of piperidine rings is 1. The van der Waals surface area contributed by atoms with E-state index in [1.54, 1.807) is 0 Å². The fourth-order valence-corrected chi connectivity index (χ4v) is 3.10. The van der Waals surface area contributed by atoms with Crippen LogP contribution in [0.3, 0.4) is 0 Å². The van der Waals surface area contributed by atoms with Crippen LogP contribution < -0.4 is 5.32 Å². The number of hydrogen-bond donors (Lipinski definition) is 1. The second-order valence-electron chi connectivity index (χ2n) is 6.19. The highest BCUT2D eigenvalue weighted by molar-refractivity contribution is 5.22. The van der Waals surface area contributed by atoms with Crippen LogP contribution in [-0.4, -0.2) is 38.3 Å². The minimum Gasteiger partial charge on any atom is -0.384 e. The van der Waals surface area contributed by atoms with Crippen LogP contribution in [-0.2, 0) is 17.8 Å². The number of methoxy groups -OCH3 is 1. The van der Waals surface area contributed by atoms with Gasteiger partial charge in [-0.15, -0.1) is 0 Å². The van der Waals surface area contributed by atoms with Crippen LogP contribution in [0, 0.1) is 5.92 Å². The van der Waals surface area contributed by atoms with Gasteiger partial charge in [0.05, 0.1) is 6.61 Å². The molecule has 0 saturated carbocycles. The van der Waals surface area contributed by atoms with Crippen molar-refractivity contribution in [2.75, 3.05) is 33.4 Å². The van der Waals surface area contributed by atoms with Gasteiger partial charge in [-0.25, -0.2) is 0 Å². The van der Waals surface area contributed by atoms with Crippen LogP contribution in [0.25, 0.3) is 0 Å². The average molecular weight is 290 g/mol. The molecule has 0 spiro atoms. The summed E-state index contributed by atoms with van der Waals surface area (Å²) in [4.78, 5) is 2.57. The lowest BCUT2D eigenvalue weighted by molar-refractivity contribution is 0.0874. The summed E-state index contributed by atoms with van der Waals surface area (Å²) >= 11 is 0. The SMILES string of the molecule is CCCNCc1ccc(CN2CCCC(COC)C2)cc1. The Morgan fingerprint density at radius 3 is 2.71 bits per heavy atom. The number of nitrogens with zero attached hydrogens (tertiary/aromatic N) is 1. The van der Waals surface area contributed by atoms with Crippen molar-refractivity contribution in [1.29, 1.82) is 0 Å². The van der Waals surface area contributed by atoms with E-state index in [0.29, 0.717) is 5.92 Å². The van der Waals surface area contributed by atoms with E-state index in [4.69, 9.17) is 4.74 Å². The van der Waals surface area contributed by atoms with E-state index in [1.807, 2.05) is 7.11 Å². The Labute approximate surface area is 129 Å². The van der Waals surface area contributed by atoms with Gasteiger partial charge in [-0.05, 0) is 49.4 Å². The summed E-state index contributed by atoms with van der Waals surface area (Å²) in [6, 6.07) is 9.08. The zero-order chi connectivity index (χ0) is 14.9. The van der Waals surface area contributed by atoms with E-state index in [1.165, 1.54) is 43.5 Å². The summed E-state index contributed by atoms with van der Waals surface area (Å²) < 4.78 is 5.31. The van der Waals surface area contributed by atoms with Crippen LogP contribution in [0.2, 0.25) is 0 Å². The first kappa shape index (κ1) is 16.5. The van der Waals surface area contributed by atoms with Crippen molar-refractivity contribution >= 4 is 0 Å². The molecule has 0 bridgehead atoms. The second-order valence-corrected chi connectivity index (χ2v) is 6.19. The summed E-state index contributed by atoms with van der Waals surface area (Å²) in [7, 11) is 1.81. The number of benzene rings is 1. The van der Waals surface area contributed by atoms with Gasteiger partial charge in [-0.1, -0.05) is 31.2 Å². The highest BCUT2D eigenvalue weighted by Gasteiger charge is 2.19. The maximum atomic E-state index is 5.31. The third-order valence-corrected chi connectivity index (χ3v) is 4.19. The van der Waals surface area contributed by atoms with Gasteiger partial charge < -0.3 is 10.1 Å². The van der Waals surface area contributed by atoms with Gasteiger partial charge >= 0.3 is 0 Å². The Morgan fingerprint density at radius 2 is 2.00 bits per heavy atom. The molecule has 0 radical (unpaired) electrons. The lowest BCUT2D eigenvalue weighted by atomic mass is 9.98. The van der Waals surface area contributed by atoms with Crippen molar-refractivity contribution in [1.82, 2.24) is 10.2 Å². The maximum Gasteiger partial charge on any atom is 0.0502 e. The summed E-state index contributed by atoms with van der Waals surface area (Å²) in [6.07, 6.45) is 3.80. The lowest BCUT2D eigenvalue weighted by Crippen LogP contribution is -2.36. The first-order valence-corrected chi connectivity index (χ1v) is 8.31. The van der Waals surface area contributed by atoms with E-state index in [-0.39, 0.29) is 0 Å². The standard InChI is InChI=1S/C18H30N2O/c1-3-10-19-12-16-6-8-17(9-7-16)13-20-11-4-5-18(14-20)15-21-2/h6-9,18-19H,3-5,10-15H2,1-2H3. The normalized spacial score (nSPS) is 19.8. The molecule has 21 heavy (non-hydrogen) atoms. The van der Waals surface area contributed by atoms with Gasteiger partial charge in [0.2, 0.25) is 0 Å². The van der Waals surface area contributed by atoms with Gasteiger partial charge in [-0.2, -0.15) is 0 Å². The third kappa shape index (κ3) is 5.77. The third-order valence-electron chi connectivity index (χ3n) is 4.19. The van der Waals surface area contributed by atoms with E-state index >= 15 is 0 Å². The van der Waals surface area contributed by atoms with Gasteiger partial charge in [0.1, 0.15) is 0 Å². The molecule has 3 nitrogen and oxygen atoms in total. The lowest BCUT2D eigenvalue weighted by Gasteiger charge is -2.32. The van der Waals surface area contributed by atoms with Crippen molar-refractivity contribution in [3.63, 3.8) is 0 Å². The van der Waals surface area contributed by atoms with Crippen molar-refractivity contribution < 1.29 is 4.74 Å². The predicted molar refractivity (Wildman–Crippen MR) is 88.3 cm³/mol. The Hall–Kier alpha value is -0.900. The molecular weight excluding hydrogens is 260 g/mol. The van der Waals surface area contributed by atoms with E-state index < -0.39 is 0 Å². The van der Waals surface area contributed by atoms with Gasteiger partial charge in [0.15, 0.2) is 0 Å². The molecule has 0 amide bonds. The first-order chi connectivity index (χ1) is 10.3. The fourth-order valence-electron chi connectivity index (χ4n) is 3.10. The molecule has 3 heteroatoms. The molecule has 1 fully saturated rings. The minimum atomic E-state index is 0.710. The Balaban J connectivity index is 1.79. The Kier molecular flexibility index (Phi) is 7.20. The zero-order valence-corrected chi connectivity index (χ0v) is 13.6.